The van der Waals surface area contributed by atoms with Gasteiger partial charge in [-0.25, -0.2) is 10.1 Å². The van der Waals surface area contributed by atoms with Gasteiger partial charge in [0.05, 0.1) is 23.3 Å². The number of carbonyl (C=O) groups excluding carboxylic acids is 2. The molecule has 2 heterocycles. The second kappa shape index (κ2) is 8.62. The van der Waals surface area contributed by atoms with Gasteiger partial charge in [0.1, 0.15) is 6.54 Å². The molecule has 0 spiro atoms. The van der Waals surface area contributed by atoms with Gasteiger partial charge in [0, 0.05) is 18.5 Å². The summed E-state index contributed by atoms with van der Waals surface area (Å²) in [5, 5.41) is 8.62. The van der Waals surface area contributed by atoms with Crippen LogP contribution in [0.15, 0.2) is 35.4 Å². The van der Waals surface area contributed by atoms with Gasteiger partial charge in [0.25, 0.3) is 5.91 Å². The lowest BCUT2D eigenvalue weighted by atomic mass is 10.2. The summed E-state index contributed by atoms with van der Waals surface area (Å²) in [4.78, 5) is 25.7. The third kappa shape index (κ3) is 4.61. The lowest BCUT2D eigenvalue weighted by Crippen LogP contribution is -2.39. The van der Waals surface area contributed by atoms with Crippen LogP contribution in [-0.2, 0) is 9.59 Å². The highest BCUT2D eigenvalue weighted by molar-refractivity contribution is 5.87. The number of aryl methyl sites for hydroxylation is 1. The molecule has 0 aliphatic carbocycles. The Hall–Kier alpha value is -2.96. The highest BCUT2D eigenvalue weighted by Crippen LogP contribution is 2.16. The van der Waals surface area contributed by atoms with Crippen molar-refractivity contribution < 1.29 is 9.59 Å². The molecule has 2 aromatic rings. The number of carbonyl (C=O) groups is 2. The van der Waals surface area contributed by atoms with E-state index in [2.05, 4.69) is 15.6 Å². The summed E-state index contributed by atoms with van der Waals surface area (Å²) in [7, 11) is 0. The van der Waals surface area contributed by atoms with Crippen LogP contribution in [0.1, 0.15) is 42.6 Å². The molecule has 7 nitrogen and oxygen atoms in total. The van der Waals surface area contributed by atoms with Crippen LogP contribution in [0.4, 0.5) is 0 Å². The predicted molar refractivity (Wildman–Crippen MR) is 104 cm³/mol. The molecule has 27 heavy (non-hydrogen) atoms. The molecule has 0 bridgehead atoms. The molecule has 1 aliphatic heterocycles. The van der Waals surface area contributed by atoms with E-state index in [4.69, 9.17) is 0 Å². The number of likely N-dealkylation sites (tertiary alicyclic amines) is 1. The minimum atomic E-state index is -0.285. The van der Waals surface area contributed by atoms with Crippen LogP contribution >= 0.6 is 0 Å². The monoisotopic (exact) mass is 367 g/mol. The Bertz CT molecular complexity index is 842. The van der Waals surface area contributed by atoms with Crippen LogP contribution in [0.2, 0.25) is 0 Å². The zero-order chi connectivity index (χ0) is 19.2. The van der Waals surface area contributed by atoms with E-state index in [1.165, 1.54) is 0 Å². The van der Waals surface area contributed by atoms with Crippen LogP contribution < -0.4 is 5.43 Å². The molecule has 3 rings (SSSR count). The molecule has 1 aromatic carbocycles. The summed E-state index contributed by atoms with van der Waals surface area (Å²) in [6.07, 6.45) is 5.01. The van der Waals surface area contributed by atoms with Crippen molar-refractivity contribution in [3.63, 3.8) is 0 Å². The maximum Gasteiger partial charge on any atom is 0.259 e. The SMILES string of the molecule is Cc1nn(-c2ccccc2)c(C)c1/C=N\NC(=O)CN1CCCCCC1=O. The van der Waals surface area contributed by atoms with E-state index in [0.717, 1.165) is 41.9 Å². The van der Waals surface area contributed by atoms with Gasteiger partial charge in [0.2, 0.25) is 5.91 Å². The summed E-state index contributed by atoms with van der Waals surface area (Å²) in [5.74, 6) is -0.241. The molecule has 1 fully saturated rings. The summed E-state index contributed by atoms with van der Waals surface area (Å²) in [6, 6.07) is 9.86. The van der Waals surface area contributed by atoms with Crippen LogP contribution in [0.3, 0.4) is 0 Å². The Labute approximate surface area is 159 Å². The van der Waals surface area contributed by atoms with Crippen LogP contribution in [0.5, 0.6) is 0 Å². The van der Waals surface area contributed by atoms with E-state index >= 15 is 0 Å². The van der Waals surface area contributed by atoms with Gasteiger partial charge in [-0.2, -0.15) is 10.2 Å². The van der Waals surface area contributed by atoms with Gasteiger partial charge in [-0.1, -0.05) is 24.6 Å². The molecule has 0 unspecified atom stereocenters. The second-order valence-corrected chi connectivity index (χ2v) is 6.75. The highest BCUT2D eigenvalue weighted by atomic mass is 16.2. The first-order valence-corrected chi connectivity index (χ1v) is 9.27. The van der Waals surface area contributed by atoms with Crippen molar-refractivity contribution in [3.05, 3.63) is 47.3 Å². The van der Waals surface area contributed by atoms with Crippen molar-refractivity contribution in [1.29, 1.82) is 0 Å². The van der Waals surface area contributed by atoms with Crippen LogP contribution in [0.25, 0.3) is 5.69 Å². The molecular formula is C20H25N5O2. The van der Waals surface area contributed by atoms with Gasteiger partial charge in [-0.3, -0.25) is 9.59 Å². The zero-order valence-electron chi connectivity index (χ0n) is 15.8. The minimum absolute atomic E-state index is 0.0439. The number of nitrogens with one attached hydrogen (secondary N) is 1. The molecule has 1 saturated heterocycles. The van der Waals surface area contributed by atoms with Gasteiger partial charge < -0.3 is 4.90 Å². The fourth-order valence-electron chi connectivity index (χ4n) is 3.25. The Morgan fingerprint density at radius 2 is 2.00 bits per heavy atom. The Kier molecular flexibility index (Phi) is 6.01. The number of aromatic nitrogens is 2. The number of hydrogen-bond acceptors (Lipinski definition) is 4. The third-order valence-corrected chi connectivity index (χ3v) is 4.74. The first kappa shape index (κ1) is 18.8. The summed E-state index contributed by atoms with van der Waals surface area (Å²) < 4.78 is 1.86. The normalized spacial score (nSPS) is 15.2. The molecule has 0 saturated carbocycles. The van der Waals surface area contributed by atoms with Crippen molar-refractivity contribution >= 4 is 18.0 Å². The summed E-state index contributed by atoms with van der Waals surface area (Å²) in [6.45, 7) is 4.56. The number of hydrogen-bond donors (Lipinski definition) is 1. The molecule has 0 atom stereocenters. The van der Waals surface area contributed by atoms with Crippen LogP contribution in [-0.4, -0.2) is 45.8 Å². The van der Waals surface area contributed by atoms with Gasteiger partial charge in [0.15, 0.2) is 0 Å². The topological polar surface area (TPSA) is 79.6 Å². The Morgan fingerprint density at radius 1 is 1.22 bits per heavy atom. The number of hydrazone groups is 1. The molecule has 1 aromatic heterocycles. The molecule has 142 valence electrons. The van der Waals surface area contributed by atoms with Gasteiger partial charge in [-0.05, 0) is 38.8 Å². The first-order valence-electron chi connectivity index (χ1n) is 9.27. The van der Waals surface area contributed by atoms with E-state index in [1.54, 1.807) is 11.1 Å². The number of benzene rings is 1. The van der Waals surface area contributed by atoms with Crippen molar-refractivity contribution in [3.8, 4) is 5.69 Å². The number of para-hydroxylation sites is 1. The van der Waals surface area contributed by atoms with Crippen molar-refractivity contribution in [2.75, 3.05) is 13.1 Å². The summed E-state index contributed by atoms with van der Waals surface area (Å²) in [5.41, 5.74) is 6.14. The fourth-order valence-corrected chi connectivity index (χ4v) is 3.25. The molecule has 0 radical (unpaired) electrons. The number of rotatable bonds is 5. The standard InChI is InChI=1S/C20H25N5O2/c1-15-18(16(2)25(23-15)17-9-5-3-6-10-17)13-21-22-19(26)14-24-12-8-4-7-11-20(24)27/h3,5-6,9-10,13H,4,7-8,11-12,14H2,1-2H3,(H,22,26)/b21-13-. The maximum atomic E-state index is 12.1. The van der Waals surface area contributed by atoms with E-state index in [1.807, 2.05) is 48.9 Å². The van der Waals surface area contributed by atoms with E-state index < -0.39 is 0 Å². The van der Waals surface area contributed by atoms with Crippen molar-refractivity contribution in [2.45, 2.75) is 39.5 Å². The average Bonchev–Trinajstić information content (AvgIpc) is 2.81. The molecule has 7 heteroatoms. The van der Waals surface area contributed by atoms with Crippen molar-refractivity contribution in [2.24, 2.45) is 5.10 Å². The smallest absolute Gasteiger partial charge is 0.259 e. The predicted octanol–water partition coefficient (Wildman–Crippen LogP) is 2.34. The van der Waals surface area contributed by atoms with E-state index in [-0.39, 0.29) is 18.4 Å². The van der Waals surface area contributed by atoms with Crippen LogP contribution in [0, 0.1) is 13.8 Å². The number of nitrogens with zero attached hydrogens (tertiary/aromatic N) is 4. The Balaban J connectivity index is 1.63. The maximum absolute atomic E-state index is 12.1. The quantitative estimate of drug-likeness (QED) is 0.651. The number of amides is 2. The zero-order valence-corrected chi connectivity index (χ0v) is 15.8. The minimum Gasteiger partial charge on any atom is -0.333 e. The van der Waals surface area contributed by atoms with E-state index in [9.17, 15) is 9.59 Å². The van der Waals surface area contributed by atoms with Gasteiger partial charge >= 0.3 is 0 Å². The fraction of sp³-hybridized carbons (Fsp3) is 0.400. The lowest BCUT2D eigenvalue weighted by molar-refractivity contribution is -0.135. The molecule has 2 amide bonds. The highest BCUT2D eigenvalue weighted by Gasteiger charge is 2.19. The average molecular weight is 367 g/mol. The molecular weight excluding hydrogens is 342 g/mol. The third-order valence-electron chi connectivity index (χ3n) is 4.74. The second-order valence-electron chi connectivity index (χ2n) is 6.75. The first-order chi connectivity index (χ1) is 13.1. The summed E-state index contributed by atoms with van der Waals surface area (Å²) >= 11 is 0. The Morgan fingerprint density at radius 3 is 2.78 bits per heavy atom. The van der Waals surface area contributed by atoms with Gasteiger partial charge in [-0.15, -0.1) is 0 Å². The molecule has 1 N–H and O–H groups in total. The molecule has 1 aliphatic rings. The van der Waals surface area contributed by atoms with E-state index in [0.29, 0.717) is 13.0 Å². The largest absolute Gasteiger partial charge is 0.333 e. The lowest BCUT2D eigenvalue weighted by Gasteiger charge is -2.18. The van der Waals surface area contributed by atoms with Crippen molar-refractivity contribution in [1.82, 2.24) is 20.1 Å².